The van der Waals surface area contributed by atoms with Crippen LogP contribution < -0.4 is 36.9 Å². The molecule has 118 heavy (non-hydrogen) atoms. The Kier molecular flexibility index (Phi) is 42.9. The van der Waals surface area contributed by atoms with E-state index in [-0.39, 0.29) is 45.3 Å². The molecule has 42 heteroatoms. The Morgan fingerprint density at radius 2 is 0.737 bits per heavy atom. The number of hydrogen-bond donors (Lipinski definition) is 10. The number of nitrogens with two attached hydrogens (primary N) is 2. The summed E-state index contributed by atoms with van der Waals surface area (Å²) in [5.41, 5.74) is 11.0. The fourth-order valence-corrected chi connectivity index (χ4v) is 14.5. The van der Waals surface area contributed by atoms with Crippen LogP contribution in [0.1, 0.15) is 137 Å². The van der Waals surface area contributed by atoms with E-state index in [9.17, 15) is 81.6 Å². The maximum absolute atomic E-state index is 12.9. The number of sulfonamides is 4. The molecule has 2 aliphatic rings. The first-order valence-corrected chi connectivity index (χ1v) is 41.7. The normalized spacial score (nSPS) is 15.1. The van der Waals surface area contributed by atoms with Gasteiger partial charge in [-0.3, -0.25) is 56.6 Å². The monoisotopic (exact) mass is 1740 g/mol. The van der Waals surface area contributed by atoms with Gasteiger partial charge in [0.2, 0.25) is 37.8 Å². The molecule has 5 atom stereocenters. The molecule has 0 aromatic heterocycles. The van der Waals surface area contributed by atoms with Crippen molar-refractivity contribution in [3.63, 3.8) is 0 Å². The van der Waals surface area contributed by atoms with E-state index in [1.807, 2.05) is 25.5 Å². The molecule has 0 fully saturated rings. The van der Waals surface area contributed by atoms with Crippen molar-refractivity contribution in [3.8, 4) is 0 Å². The molecule has 0 aliphatic carbocycles. The molecular formula is C76H113N9O29S4. The number of methoxy groups -OCH3 is 4. The molecular weight excluding hydrogens is 1630 g/mol. The van der Waals surface area contributed by atoms with Gasteiger partial charge in [0.1, 0.15) is 52.6 Å². The molecule has 4 aromatic rings. The highest BCUT2D eigenvalue weighted by Gasteiger charge is 2.40. The van der Waals surface area contributed by atoms with Crippen LogP contribution in [0.25, 0.3) is 0 Å². The van der Waals surface area contributed by atoms with Gasteiger partial charge in [0.05, 0.1) is 58.2 Å². The number of hydrogen-bond acceptors (Lipinski definition) is 28. The summed E-state index contributed by atoms with van der Waals surface area (Å²) in [4.78, 5) is 116. The Morgan fingerprint density at radius 3 is 1.03 bits per heavy atom. The first kappa shape index (κ1) is 106. The Morgan fingerprint density at radius 1 is 0.441 bits per heavy atom. The molecule has 6 rings (SSSR count). The number of carbonyl (C=O) groups excluding carboxylic acids is 7. The average Bonchev–Trinajstić information content (AvgIpc) is 0.783. The second-order valence-corrected chi connectivity index (χ2v) is 36.9. The van der Waals surface area contributed by atoms with Gasteiger partial charge in [-0.2, -0.15) is 9.44 Å². The third-order valence-electron chi connectivity index (χ3n) is 14.7. The largest absolute Gasteiger partial charge is 0.481 e. The number of aryl methyl sites for hydroxylation is 4. The molecule has 2 aliphatic heterocycles. The number of carboxylic acid groups (broad SMARTS) is 3. The minimum Gasteiger partial charge on any atom is -0.481 e. The second kappa shape index (κ2) is 47.7. The highest BCUT2D eigenvalue weighted by atomic mass is 32.2. The molecule has 4 aromatic carbocycles. The van der Waals surface area contributed by atoms with Crippen LogP contribution in [0.4, 0.5) is 0 Å². The number of rotatable bonds is 30. The lowest BCUT2D eigenvalue weighted by molar-refractivity contribution is -0.158. The van der Waals surface area contributed by atoms with Gasteiger partial charge < -0.3 is 80.6 Å². The molecule has 38 nitrogen and oxygen atoms in total. The van der Waals surface area contributed by atoms with E-state index in [0.717, 1.165) is 37.1 Å². The SMILES string of the molecule is CC(C)(C)OC(=O)C[C@@H](N)C(=O)O.COC(CN)OC.COC(CNC(=O)[C@@H](CC(=O)OC(C)(C)C)NS(=O)(=O)c1ccc(C)cc1)OC.Cc1ccc(S(=O)(=O)N2C=CNC(=O)[C@H]2CC(=O)O)cc1.Cc1ccc(S(=O)(=O)N2C=CNC(=O)[C@H]2CC(=O)OC(C)(C)C)cc1.Cc1ccc(S(=O)(=O)N[C@H](CC(=O)OC(C)(C)C)C(=O)O)cc1. The Balaban J connectivity index is 0.000000733. The zero-order valence-corrected chi connectivity index (χ0v) is 72.9. The maximum Gasteiger partial charge on any atom is 0.322 e. The summed E-state index contributed by atoms with van der Waals surface area (Å²) in [5.74, 6) is -8.61. The van der Waals surface area contributed by atoms with Crippen LogP contribution in [0.5, 0.6) is 0 Å². The van der Waals surface area contributed by atoms with E-state index >= 15 is 0 Å². The van der Waals surface area contributed by atoms with Crippen molar-refractivity contribution < 1.29 is 135 Å². The minimum atomic E-state index is -4.05. The Labute approximate surface area is 689 Å². The second-order valence-electron chi connectivity index (χ2n) is 29.8. The molecule has 0 saturated heterocycles. The summed E-state index contributed by atoms with van der Waals surface area (Å²) in [6.07, 6.45) is 1.50. The van der Waals surface area contributed by atoms with Gasteiger partial charge in [-0.15, -0.1) is 0 Å². The van der Waals surface area contributed by atoms with Crippen molar-refractivity contribution in [2.75, 3.05) is 41.5 Å². The molecule has 2 heterocycles. The fourth-order valence-electron chi connectivity index (χ4n) is 9.17. The number of ether oxygens (including phenoxy) is 8. The van der Waals surface area contributed by atoms with E-state index in [1.165, 1.54) is 81.4 Å². The lowest BCUT2D eigenvalue weighted by Crippen LogP contribution is -2.50. The number of nitrogens with zero attached hydrogens (tertiary/aromatic N) is 2. The Hall–Kier alpha value is -9.86. The first-order valence-electron chi connectivity index (χ1n) is 35.9. The van der Waals surface area contributed by atoms with Crippen LogP contribution in [-0.4, -0.2) is 224 Å². The van der Waals surface area contributed by atoms with Gasteiger partial charge in [-0.05, 0) is 159 Å². The lowest BCUT2D eigenvalue weighted by atomic mass is 10.1. The van der Waals surface area contributed by atoms with Crippen molar-refractivity contribution in [2.24, 2.45) is 11.5 Å². The molecule has 660 valence electrons. The quantitative estimate of drug-likeness (QED) is 0.0197. The minimum absolute atomic E-state index is 0.00263. The van der Waals surface area contributed by atoms with Gasteiger partial charge in [-0.1, -0.05) is 70.8 Å². The van der Waals surface area contributed by atoms with Gasteiger partial charge in [0.25, 0.3) is 20.0 Å². The summed E-state index contributed by atoms with van der Waals surface area (Å²) < 4.78 is 146. The van der Waals surface area contributed by atoms with Gasteiger partial charge in [0, 0.05) is 59.8 Å². The summed E-state index contributed by atoms with van der Waals surface area (Å²) in [6, 6.07) is 17.8. The topological polar surface area (TPSA) is 560 Å². The molecule has 0 radical (unpaired) electrons. The average molecular weight is 1750 g/mol. The van der Waals surface area contributed by atoms with E-state index < -0.39 is 178 Å². The van der Waals surface area contributed by atoms with Crippen molar-refractivity contribution in [1.82, 2.24) is 34.0 Å². The Bertz CT molecular complexity index is 4530. The fraction of sp³-hybridized carbons (Fsp3) is 0.500. The predicted octanol–water partition coefficient (Wildman–Crippen LogP) is 4.38. The third kappa shape index (κ3) is 40.1. The van der Waals surface area contributed by atoms with Gasteiger partial charge >= 0.3 is 41.8 Å². The zero-order chi connectivity index (χ0) is 90.9. The lowest BCUT2D eigenvalue weighted by Gasteiger charge is -2.31. The van der Waals surface area contributed by atoms with E-state index in [0.29, 0.717) is 6.54 Å². The van der Waals surface area contributed by atoms with Crippen molar-refractivity contribution in [2.45, 2.75) is 228 Å². The van der Waals surface area contributed by atoms with E-state index in [1.54, 1.807) is 153 Å². The number of esters is 4. The first-order chi connectivity index (χ1) is 54.2. The van der Waals surface area contributed by atoms with Crippen LogP contribution in [0.3, 0.4) is 0 Å². The van der Waals surface area contributed by atoms with Crippen LogP contribution in [-0.2, 0) is 126 Å². The maximum atomic E-state index is 12.9. The standard InChI is InChI=1S/C19H30N2O7S.C17H22N2O5S.C15H21NO6S.C13H14N2O5S.C8H15NO4.C4H11NO2/c1-13-7-9-14(10-8-13)29(24,25)21-15(11-16(22)28-19(2,3)4)18(23)20-12-17(26-5)27-6;1-12-5-7-13(8-6-12)25(22,23)19-10-9-18-16(21)14(19)11-15(20)24-17(2,3)4;1-10-5-7-11(8-6-10)23(20,21)16-12(14(18)19)9-13(17)22-15(2,3)4;1-9-2-4-10(5-3-9)21(19,20)15-7-6-14-13(18)11(15)8-12(16)17;1-8(2,3)13-6(10)4-5(9)7(11)12;1-6-4(3-5)7-2/h7-10,15,17,21H,11-12H2,1-6H3,(H,20,23);5-10,14H,11H2,1-4H3,(H,18,21);5-8,12,16H,9H2,1-4H3,(H,18,19);2-7,11H,8H2,1H3,(H,14,18)(H,16,17);5H,4,9H2,1-3H3,(H,11,12);4H,3,5H2,1-2H3/t15-;14-;12-;11-;5-;/m11111./s1. The predicted molar refractivity (Wildman–Crippen MR) is 428 cm³/mol. The van der Waals surface area contributed by atoms with Crippen molar-refractivity contribution >= 4 is 99.6 Å². The number of amides is 3. The molecule has 0 spiro atoms. The highest BCUT2D eigenvalue weighted by Crippen LogP contribution is 2.26. The van der Waals surface area contributed by atoms with Crippen LogP contribution in [0.15, 0.2) is 141 Å². The number of nitrogens with one attached hydrogen (secondary N) is 5. The molecule has 12 N–H and O–H groups in total. The summed E-state index contributed by atoms with van der Waals surface area (Å²) in [6.45, 7) is 27.8. The summed E-state index contributed by atoms with van der Waals surface area (Å²) in [7, 11) is -10.1. The molecule has 0 unspecified atom stereocenters. The van der Waals surface area contributed by atoms with E-state index in [4.69, 9.17) is 64.7 Å². The summed E-state index contributed by atoms with van der Waals surface area (Å²) >= 11 is 0. The van der Waals surface area contributed by atoms with E-state index in [2.05, 4.69) is 20.7 Å². The van der Waals surface area contributed by atoms with Crippen LogP contribution >= 0.6 is 0 Å². The van der Waals surface area contributed by atoms with Crippen molar-refractivity contribution in [3.05, 3.63) is 144 Å². The number of benzene rings is 4. The van der Waals surface area contributed by atoms with Crippen molar-refractivity contribution in [1.29, 1.82) is 0 Å². The van der Waals surface area contributed by atoms with Crippen LogP contribution in [0.2, 0.25) is 0 Å². The number of carboxylic acids is 3. The summed E-state index contributed by atoms with van der Waals surface area (Å²) in [5, 5.41) is 33.6. The number of aliphatic carboxylic acids is 3. The highest BCUT2D eigenvalue weighted by molar-refractivity contribution is 7.90. The van der Waals surface area contributed by atoms with Crippen LogP contribution in [0, 0.1) is 27.7 Å². The smallest absolute Gasteiger partial charge is 0.322 e. The molecule has 3 amide bonds. The van der Waals surface area contributed by atoms with Gasteiger partial charge in [0.15, 0.2) is 12.6 Å². The molecule has 0 bridgehead atoms. The van der Waals surface area contributed by atoms with Gasteiger partial charge in [-0.25, -0.2) is 33.7 Å². The molecule has 0 saturated carbocycles. The number of carbonyl (C=O) groups is 10. The zero-order valence-electron chi connectivity index (χ0n) is 69.7. The third-order valence-corrected chi connectivity index (χ3v) is 21.3.